The minimum absolute atomic E-state index is 0.141. The van der Waals surface area contributed by atoms with Crippen molar-refractivity contribution in [1.82, 2.24) is 20.5 Å². The minimum Gasteiger partial charge on any atom is -0.480 e. The molecule has 3 atom stereocenters. The van der Waals surface area contributed by atoms with Crippen molar-refractivity contribution in [2.75, 3.05) is 19.6 Å². The number of urea groups is 1. The number of hydrogen-bond donors (Lipinski definition) is 4. The number of aromatic amines is 1. The zero-order valence-corrected chi connectivity index (χ0v) is 16.8. The van der Waals surface area contributed by atoms with Gasteiger partial charge in [0.15, 0.2) is 0 Å². The smallest absolute Gasteiger partial charge is 0.326 e. The van der Waals surface area contributed by atoms with Crippen LogP contribution in [-0.2, 0) is 16.0 Å². The second kappa shape index (κ2) is 8.98. The van der Waals surface area contributed by atoms with Gasteiger partial charge in [0.1, 0.15) is 6.04 Å². The number of carbonyl (C=O) groups excluding carboxylic acids is 2. The number of para-hydroxylation sites is 1. The first-order valence-corrected chi connectivity index (χ1v) is 9.93. The van der Waals surface area contributed by atoms with E-state index >= 15 is 0 Å². The maximum atomic E-state index is 12.4. The average Bonchev–Trinajstić information content (AvgIpc) is 3.07. The minimum atomic E-state index is -1.13. The summed E-state index contributed by atoms with van der Waals surface area (Å²) in [6.07, 6.45) is 2.98. The van der Waals surface area contributed by atoms with Gasteiger partial charge >= 0.3 is 12.0 Å². The number of nitrogens with zero attached hydrogens (tertiary/aromatic N) is 1. The number of aromatic nitrogens is 1. The lowest BCUT2D eigenvalue weighted by Crippen LogP contribution is -2.51. The number of H-pyrrole nitrogens is 1. The summed E-state index contributed by atoms with van der Waals surface area (Å²) in [6, 6.07) is 5.82. The zero-order valence-electron chi connectivity index (χ0n) is 16.8. The van der Waals surface area contributed by atoms with Crippen LogP contribution in [0.15, 0.2) is 30.5 Å². The highest BCUT2D eigenvalue weighted by atomic mass is 16.4. The second-order valence-corrected chi connectivity index (χ2v) is 8.03. The Balaban J connectivity index is 1.54. The van der Waals surface area contributed by atoms with Crippen molar-refractivity contribution in [1.29, 1.82) is 0 Å². The van der Waals surface area contributed by atoms with Gasteiger partial charge in [0.25, 0.3) is 0 Å². The normalized spacial score (nSPS) is 20.3. The summed E-state index contributed by atoms with van der Waals surface area (Å²) in [6.45, 7) is 5.44. The summed E-state index contributed by atoms with van der Waals surface area (Å²) < 4.78 is 0. The lowest BCUT2D eigenvalue weighted by molar-refractivity contribution is -0.139. The van der Waals surface area contributed by atoms with E-state index in [0.717, 1.165) is 22.9 Å². The molecule has 0 aliphatic carbocycles. The predicted octanol–water partition coefficient (Wildman–Crippen LogP) is 1.97. The molecule has 1 aliphatic heterocycles. The van der Waals surface area contributed by atoms with E-state index < -0.39 is 18.0 Å². The van der Waals surface area contributed by atoms with Gasteiger partial charge in [0.05, 0.1) is 6.54 Å². The van der Waals surface area contributed by atoms with Crippen molar-refractivity contribution >= 4 is 28.8 Å². The number of piperidine rings is 1. The predicted molar refractivity (Wildman–Crippen MR) is 109 cm³/mol. The molecule has 3 amide bonds. The Labute approximate surface area is 169 Å². The van der Waals surface area contributed by atoms with E-state index in [9.17, 15) is 19.5 Å². The molecule has 1 aliphatic rings. The molecule has 156 valence electrons. The van der Waals surface area contributed by atoms with E-state index in [2.05, 4.69) is 29.5 Å². The van der Waals surface area contributed by atoms with Crippen LogP contribution in [0.4, 0.5) is 4.79 Å². The topological polar surface area (TPSA) is 115 Å². The summed E-state index contributed by atoms with van der Waals surface area (Å²) in [4.78, 5) is 41.1. The fourth-order valence-electron chi connectivity index (χ4n) is 4.06. The molecule has 2 aromatic rings. The van der Waals surface area contributed by atoms with Crippen molar-refractivity contribution in [2.45, 2.75) is 32.7 Å². The van der Waals surface area contributed by atoms with Crippen molar-refractivity contribution in [3.63, 3.8) is 0 Å². The number of carboxylic acids is 1. The number of carbonyl (C=O) groups is 3. The third-order valence-corrected chi connectivity index (χ3v) is 5.32. The molecule has 1 aromatic carbocycles. The quantitative estimate of drug-likeness (QED) is 0.593. The molecule has 1 fully saturated rings. The number of aliphatic carboxylic acids is 1. The van der Waals surface area contributed by atoms with Crippen LogP contribution >= 0.6 is 0 Å². The SMILES string of the molecule is C[C@@H]1C[C@@H](C)CN(C(=O)CNC(=O)N[C@@H](Cc2c[nH]c3ccccc23)C(=O)O)C1. The van der Waals surface area contributed by atoms with Crippen LogP contribution in [0, 0.1) is 11.8 Å². The van der Waals surface area contributed by atoms with Crippen molar-refractivity contribution < 1.29 is 19.5 Å². The maximum absolute atomic E-state index is 12.4. The first-order valence-electron chi connectivity index (χ1n) is 9.93. The van der Waals surface area contributed by atoms with E-state index in [1.54, 1.807) is 11.1 Å². The van der Waals surface area contributed by atoms with Crippen LogP contribution in [0.5, 0.6) is 0 Å². The van der Waals surface area contributed by atoms with Gasteiger partial charge < -0.3 is 25.6 Å². The largest absolute Gasteiger partial charge is 0.480 e. The number of nitrogens with one attached hydrogen (secondary N) is 3. The van der Waals surface area contributed by atoms with Crippen LogP contribution in [0.25, 0.3) is 10.9 Å². The Morgan fingerprint density at radius 2 is 1.90 bits per heavy atom. The second-order valence-electron chi connectivity index (χ2n) is 8.03. The number of hydrogen-bond acceptors (Lipinski definition) is 3. The molecule has 0 unspecified atom stereocenters. The molecule has 3 rings (SSSR count). The fourth-order valence-corrected chi connectivity index (χ4v) is 4.06. The summed E-state index contributed by atoms with van der Waals surface area (Å²) in [5.41, 5.74) is 1.72. The summed E-state index contributed by atoms with van der Waals surface area (Å²) in [5.74, 6) is -0.411. The molecule has 0 radical (unpaired) electrons. The number of benzene rings is 1. The van der Waals surface area contributed by atoms with Gasteiger partial charge in [-0.25, -0.2) is 9.59 Å². The monoisotopic (exact) mass is 400 g/mol. The van der Waals surface area contributed by atoms with Crippen LogP contribution in [0.3, 0.4) is 0 Å². The third-order valence-electron chi connectivity index (χ3n) is 5.32. The zero-order chi connectivity index (χ0) is 21.0. The molecule has 8 nitrogen and oxygen atoms in total. The van der Waals surface area contributed by atoms with Crippen LogP contribution in [0.2, 0.25) is 0 Å². The van der Waals surface area contributed by atoms with Gasteiger partial charge in [-0.05, 0) is 29.9 Å². The first-order chi connectivity index (χ1) is 13.8. The number of amides is 3. The Bertz CT molecular complexity index is 884. The molecule has 0 saturated carbocycles. The van der Waals surface area contributed by atoms with Crippen LogP contribution < -0.4 is 10.6 Å². The Morgan fingerprint density at radius 1 is 1.21 bits per heavy atom. The first kappa shape index (κ1) is 20.7. The number of fused-ring (bicyclic) bond motifs is 1. The van der Waals surface area contributed by atoms with E-state index in [-0.39, 0.29) is 18.9 Å². The van der Waals surface area contributed by atoms with E-state index in [0.29, 0.717) is 24.9 Å². The molecule has 29 heavy (non-hydrogen) atoms. The maximum Gasteiger partial charge on any atom is 0.326 e. The number of rotatable bonds is 6. The van der Waals surface area contributed by atoms with Gasteiger partial charge in [-0.1, -0.05) is 32.0 Å². The highest BCUT2D eigenvalue weighted by molar-refractivity contribution is 5.88. The Morgan fingerprint density at radius 3 is 2.59 bits per heavy atom. The van der Waals surface area contributed by atoms with Crippen LogP contribution in [0.1, 0.15) is 25.8 Å². The molecule has 0 spiro atoms. The van der Waals surface area contributed by atoms with E-state index in [4.69, 9.17) is 0 Å². The molecule has 4 N–H and O–H groups in total. The third kappa shape index (κ3) is 5.28. The van der Waals surface area contributed by atoms with Crippen LogP contribution in [-0.4, -0.2) is 58.6 Å². The van der Waals surface area contributed by atoms with Crippen molar-refractivity contribution in [3.8, 4) is 0 Å². The lowest BCUT2D eigenvalue weighted by Gasteiger charge is -2.35. The highest BCUT2D eigenvalue weighted by Crippen LogP contribution is 2.21. The molecule has 0 bridgehead atoms. The molecular formula is C21H28N4O4. The Kier molecular flexibility index (Phi) is 6.41. The van der Waals surface area contributed by atoms with Gasteiger partial charge in [-0.15, -0.1) is 0 Å². The van der Waals surface area contributed by atoms with Gasteiger partial charge in [-0.3, -0.25) is 4.79 Å². The van der Waals surface area contributed by atoms with Gasteiger partial charge in [-0.2, -0.15) is 0 Å². The fraction of sp³-hybridized carbons (Fsp3) is 0.476. The standard InChI is InChI=1S/C21H28N4O4/c1-13-7-14(2)12-25(11-13)19(26)10-23-21(29)24-18(20(27)28)8-15-9-22-17-6-4-3-5-16(15)17/h3-6,9,13-14,18,22H,7-8,10-12H2,1-2H3,(H,27,28)(H2,23,24,29)/t13-,14-,18+/m1/s1. The summed E-state index contributed by atoms with van der Waals surface area (Å²) >= 11 is 0. The lowest BCUT2D eigenvalue weighted by atomic mass is 9.92. The molecular weight excluding hydrogens is 372 g/mol. The van der Waals surface area contributed by atoms with Gasteiger partial charge in [0.2, 0.25) is 5.91 Å². The van der Waals surface area contributed by atoms with E-state index in [1.807, 2.05) is 24.3 Å². The molecule has 8 heteroatoms. The average molecular weight is 400 g/mol. The van der Waals surface area contributed by atoms with Crippen molar-refractivity contribution in [2.24, 2.45) is 11.8 Å². The van der Waals surface area contributed by atoms with Crippen molar-refractivity contribution in [3.05, 3.63) is 36.0 Å². The highest BCUT2D eigenvalue weighted by Gasteiger charge is 2.26. The number of likely N-dealkylation sites (tertiary alicyclic amines) is 1. The van der Waals surface area contributed by atoms with Gasteiger partial charge in [0, 0.05) is 36.6 Å². The number of carboxylic acid groups (broad SMARTS) is 1. The summed E-state index contributed by atoms with van der Waals surface area (Å²) in [5, 5.41) is 15.4. The molecule has 1 saturated heterocycles. The molecule has 1 aromatic heterocycles. The summed E-state index contributed by atoms with van der Waals surface area (Å²) in [7, 11) is 0. The molecule has 2 heterocycles. The van der Waals surface area contributed by atoms with E-state index in [1.165, 1.54) is 0 Å². The Hall–Kier alpha value is -3.03.